The molecule has 0 unspecified atom stereocenters. The van der Waals surface area contributed by atoms with Gasteiger partial charge in [0.1, 0.15) is 11.9 Å². The Morgan fingerprint density at radius 1 is 0.902 bits per heavy atom. The summed E-state index contributed by atoms with van der Waals surface area (Å²) in [6.45, 7) is 4.18. The van der Waals surface area contributed by atoms with E-state index in [0.29, 0.717) is 18.8 Å². The Balaban J connectivity index is 1.40. The number of anilines is 2. The average molecular weight is 572 g/mol. The molecule has 1 fully saturated rings. The van der Waals surface area contributed by atoms with Crippen molar-refractivity contribution in [3.8, 4) is 11.1 Å². The minimum Gasteiger partial charge on any atom is -0.340 e. The molecule has 2 aliphatic heterocycles. The van der Waals surface area contributed by atoms with Crippen molar-refractivity contribution in [3.63, 3.8) is 0 Å². The number of nitrogens with zero attached hydrogens (tertiary/aromatic N) is 7. The van der Waals surface area contributed by atoms with Gasteiger partial charge in [0, 0.05) is 57.5 Å². The molecule has 210 valence electrons. The van der Waals surface area contributed by atoms with E-state index in [1.165, 1.54) is 28.7 Å². The first-order chi connectivity index (χ1) is 19.7. The van der Waals surface area contributed by atoms with Gasteiger partial charge in [-0.1, -0.05) is 42.5 Å². The van der Waals surface area contributed by atoms with Gasteiger partial charge in [0.15, 0.2) is 5.03 Å². The maximum atomic E-state index is 14.2. The number of hydrogen-bond acceptors (Lipinski definition) is 7. The lowest BCUT2D eigenvalue weighted by Crippen LogP contribution is -2.50. The number of rotatable bonds is 6. The van der Waals surface area contributed by atoms with E-state index in [1.807, 2.05) is 42.5 Å². The number of aromatic nitrogens is 4. The predicted octanol–water partition coefficient (Wildman–Crippen LogP) is 2.83. The van der Waals surface area contributed by atoms with Gasteiger partial charge in [-0.25, -0.2) is 28.3 Å². The van der Waals surface area contributed by atoms with Crippen molar-refractivity contribution in [2.75, 3.05) is 31.1 Å². The molecule has 4 aromatic rings. The van der Waals surface area contributed by atoms with E-state index in [1.54, 1.807) is 40.9 Å². The first-order valence-corrected chi connectivity index (χ1v) is 14.7. The summed E-state index contributed by atoms with van der Waals surface area (Å²) in [6, 6.07) is 16.8. The van der Waals surface area contributed by atoms with Crippen LogP contribution in [0, 0.1) is 0 Å². The Kier molecular flexibility index (Phi) is 6.66. The molecular weight excluding hydrogens is 542 g/mol. The van der Waals surface area contributed by atoms with E-state index in [2.05, 4.69) is 15.0 Å². The summed E-state index contributed by atoms with van der Waals surface area (Å²) in [4.78, 5) is 41.8. The highest BCUT2D eigenvalue weighted by molar-refractivity contribution is 7.89. The lowest BCUT2D eigenvalue weighted by molar-refractivity contribution is -0.130. The van der Waals surface area contributed by atoms with Crippen LogP contribution in [0.1, 0.15) is 19.4 Å². The SMILES string of the molecule is CC(=O)N1CCN(S(=O)(=O)c2cnc3n2[C@](C)(Cc2ccc(-c4cncnc4)cc2)C(=O)N3c2ccccc2)CC1. The van der Waals surface area contributed by atoms with Gasteiger partial charge in [0.05, 0.1) is 11.9 Å². The molecule has 4 heterocycles. The second-order valence-electron chi connectivity index (χ2n) is 10.4. The fraction of sp³-hybridized carbons (Fsp3) is 0.276. The van der Waals surface area contributed by atoms with Crippen LogP contribution in [-0.4, -0.2) is 75.1 Å². The number of hydrogen-bond donors (Lipinski definition) is 0. The molecule has 0 spiro atoms. The van der Waals surface area contributed by atoms with Crippen molar-refractivity contribution in [3.05, 3.63) is 85.1 Å². The average Bonchev–Trinajstić information content (AvgIpc) is 3.52. The third kappa shape index (κ3) is 4.58. The minimum absolute atomic E-state index is 0.0453. The summed E-state index contributed by atoms with van der Waals surface area (Å²) in [5, 5.41) is -0.0453. The molecule has 6 rings (SSSR count). The van der Waals surface area contributed by atoms with E-state index >= 15 is 0 Å². The number of para-hydroxylation sites is 1. The third-order valence-electron chi connectivity index (χ3n) is 7.77. The van der Waals surface area contributed by atoms with Gasteiger partial charge in [-0.2, -0.15) is 4.31 Å². The highest BCUT2D eigenvalue weighted by Gasteiger charge is 2.52. The third-order valence-corrected chi connectivity index (χ3v) is 9.63. The zero-order valence-electron chi connectivity index (χ0n) is 22.7. The quantitative estimate of drug-likeness (QED) is 0.349. The normalized spacial score (nSPS) is 19.4. The highest BCUT2D eigenvalue weighted by atomic mass is 32.2. The molecular formula is C29H29N7O4S. The maximum absolute atomic E-state index is 14.2. The number of carbonyl (C=O) groups excluding carboxylic acids is 2. The second kappa shape index (κ2) is 10.2. The topological polar surface area (TPSA) is 122 Å². The molecule has 2 aromatic heterocycles. The van der Waals surface area contributed by atoms with E-state index in [0.717, 1.165) is 16.7 Å². The fourth-order valence-electron chi connectivity index (χ4n) is 5.56. The smallest absolute Gasteiger partial charge is 0.260 e. The van der Waals surface area contributed by atoms with Gasteiger partial charge in [-0.3, -0.25) is 14.2 Å². The van der Waals surface area contributed by atoms with Crippen molar-refractivity contribution < 1.29 is 18.0 Å². The first-order valence-electron chi connectivity index (χ1n) is 13.3. The summed E-state index contributed by atoms with van der Waals surface area (Å²) < 4.78 is 30.9. The van der Waals surface area contributed by atoms with E-state index in [-0.39, 0.29) is 42.3 Å². The Hall–Kier alpha value is -4.42. The standard InChI is InChI=1S/C29H29N7O4S/c1-21(37)33-12-14-34(15-13-33)41(39,40)26-19-32-28-35(25-6-4-3-5-7-25)27(38)29(2,36(26)28)16-22-8-10-23(11-9-22)24-17-30-20-31-18-24/h3-11,17-20H,12-16H2,1-2H3/t29-/m1/s1. The molecule has 0 saturated carbocycles. The summed E-state index contributed by atoms with van der Waals surface area (Å²) in [5.41, 5.74) is 1.98. The van der Waals surface area contributed by atoms with Crippen molar-refractivity contribution in [1.82, 2.24) is 28.7 Å². The van der Waals surface area contributed by atoms with Crippen molar-refractivity contribution in [1.29, 1.82) is 0 Å². The highest BCUT2D eigenvalue weighted by Crippen LogP contribution is 2.44. The van der Waals surface area contributed by atoms with Crippen LogP contribution in [0.25, 0.3) is 11.1 Å². The van der Waals surface area contributed by atoms with Gasteiger partial charge < -0.3 is 4.90 Å². The van der Waals surface area contributed by atoms with E-state index in [9.17, 15) is 18.0 Å². The molecule has 0 radical (unpaired) electrons. The van der Waals surface area contributed by atoms with Crippen LogP contribution in [0.4, 0.5) is 11.6 Å². The molecule has 2 aliphatic rings. The molecule has 1 atom stereocenters. The Morgan fingerprint density at radius 3 is 2.20 bits per heavy atom. The van der Waals surface area contributed by atoms with Crippen molar-refractivity contribution >= 4 is 33.5 Å². The molecule has 0 N–H and O–H groups in total. The van der Waals surface area contributed by atoms with Crippen LogP contribution in [0.15, 0.2) is 84.5 Å². The van der Waals surface area contributed by atoms with Gasteiger partial charge in [0.25, 0.3) is 15.9 Å². The Bertz CT molecular complexity index is 1700. The summed E-state index contributed by atoms with van der Waals surface area (Å²) in [7, 11) is -4.03. The zero-order chi connectivity index (χ0) is 28.8. The lowest BCUT2D eigenvalue weighted by atomic mass is 9.91. The lowest BCUT2D eigenvalue weighted by Gasteiger charge is -2.34. The van der Waals surface area contributed by atoms with Crippen LogP contribution in [0.5, 0.6) is 0 Å². The van der Waals surface area contributed by atoms with Crippen molar-refractivity contribution in [2.45, 2.75) is 30.8 Å². The largest absolute Gasteiger partial charge is 0.340 e. The van der Waals surface area contributed by atoms with Crippen molar-refractivity contribution in [2.24, 2.45) is 0 Å². The summed E-state index contributed by atoms with van der Waals surface area (Å²) >= 11 is 0. The molecule has 0 bridgehead atoms. The molecule has 11 nitrogen and oxygen atoms in total. The molecule has 2 amide bonds. The second-order valence-corrected chi connectivity index (χ2v) is 12.3. The minimum atomic E-state index is -4.03. The molecule has 12 heteroatoms. The Morgan fingerprint density at radius 2 is 1.56 bits per heavy atom. The Labute approximate surface area is 238 Å². The first kappa shape index (κ1) is 26.8. The fourth-order valence-corrected chi connectivity index (χ4v) is 7.17. The monoisotopic (exact) mass is 571 g/mol. The van der Waals surface area contributed by atoms with Crippen LogP contribution in [-0.2, 0) is 31.6 Å². The van der Waals surface area contributed by atoms with Gasteiger partial charge >= 0.3 is 0 Å². The van der Waals surface area contributed by atoms with Crippen LogP contribution < -0.4 is 4.90 Å². The zero-order valence-corrected chi connectivity index (χ0v) is 23.5. The predicted molar refractivity (Wildman–Crippen MR) is 152 cm³/mol. The maximum Gasteiger partial charge on any atom is 0.260 e. The molecule has 0 aliphatic carbocycles. The number of sulfonamides is 1. The number of fused-ring (bicyclic) bond motifs is 1. The number of benzene rings is 2. The van der Waals surface area contributed by atoms with E-state index < -0.39 is 15.6 Å². The number of carbonyl (C=O) groups is 2. The number of piperazine rings is 1. The van der Waals surface area contributed by atoms with Gasteiger partial charge in [0.2, 0.25) is 11.9 Å². The molecule has 1 saturated heterocycles. The van der Waals surface area contributed by atoms with E-state index in [4.69, 9.17) is 0 Å². The summed E-state index contributed by atoms with van der Waals surface area (Å²) in [6.07, 6.45) is 6.51. The molecule has 41 heavy (non-hydrogen) atoms. The van der Waals surface area contributed by atoms with Crippen LogP contribution >= 0.6 is 0 Å². The van der Waals surface area contributed by atoms with Gasteiger partial charge in [-0.05, 0) is 30.2 Å². The van der Waals surface area contributed by atoms with Crippen LogP contribution in [0.3, 0.4) is 0 Å². The summed E-state index contributed by atoms with van der Waals surface area (Å²) in [5.74, 6) is -0.109. The van der Waals surface area contributed by atoms with Gasteiger partial charge in [-0.15, -0.1) is 0 Å². The van der Waals surface area contributed by atoms with Crippen LogP contribution in [0.2, 0.25) is 0 Å². The molecule has 2 aromatic carbocycles. The number of amides is 2. The number of imidazole rings is 1.